The van der Waals surface area contributed by atoms with E-state index < -0.39 is 0 Å². The molecule has 3 heteroatoms. The molecule has 0 spiro atoms. The first kappa shape index (κ1) is 13.4. The van der Waals surface area contributed by atoms with Gasteiger partial charge < -0.3 is 9.72 Å². The number of hydrogen-bond acceptors (Lipinski definition) is 2. The van der Waals surface area contributed by atoms with Crippen LogP contribution in [0.15, 0.2) is 42.5 Å². The molecule has 1 heterocycles. The average molecular weight is 279 g/mol. The van der Waals surface area contributed by atoms with E-state index in [2.05, 4.69) is 11.1 Å². The lowest BCUT2D eigenvalue weighted by molar-refractivity contribution is 0.103. The number of H-pyrrole nitrogens is 1. The van der Waals surface area contributed by atoms with E-state index >= 15 is 0 Å². The van der Waals surface area contributed by atoms with E-state index in [0.717, 1.165) is 33.5 Å². The largest absolute Gasteiger partial charge is 0.497 e. The van der Waals surface area contributed by atoms with Gasteiger partial charge in [-0.2, -0.15) is 0 Å². The molecular formula is C18H17NO2. The minimum atomic E-state index is 0.0343. The summed E-state index contributed by atoms with van der Waals surface area (Å²) in [5, 5.41) is 0.980. The van der Waals surface area contributed by atoms with Gasteiger partial charge in [-0.15, -0.1) is 0 Å². The van der Waals surface area contributed by atoms with Gasteiger partial charge in [-0.05, 0) is 50.2 Å². The van der Waals surface area contributed by atoms with E-state index in [1.807, 2.05) is 38.1 Å². The molecule has 3 nitrogen and oxygen atoms in total. The first-order chi connectivity index (χ1) is 10.1. The van der Waals surface area contributed by atoms with Gasteiger partial charge in [0.2, 0.25) is 0 Å². The Morgan fingerprint density at radius 1 is 1.05 bits per heavy atom. The zero-order chi connectivity index (χ0) is 15.0. The Bertz CT molecular complexity index is 813. The summed E-state index contributed by atoms with van der Waals surface area (Å²) in [5.74, 6) is 0.782. The number of ether oxygens (including phenoxy) is 1. The highest BCUT2D eigenvalue weighted by Gasteiger charge is 2.17. The summed E-state index contributed by atoms with van der Waals surface area (Å²) in [6.07, 6.45) is 0. The van der Waals surface area contributed by atoms with Crippen molar-refractivity contribution in [2.75, 3.05) is 7.11 Å². The Hall–Kier alpha value is -2.55. The maximum absolute atomic E-state index is 12.8. The fourth-order valence-corrected chi connectivity index (χ4v) is 2.62. The van der Waals surface area contributed by atoms with Crippen LogP contribution in [-0.2, 0) is 0 Å². The van der Waals surface area contributed by atoms with Gasteiger partial charge in [0.05, 0.1) is 12.7 Å². The summed E-state index contributed by atoms with van der Waals surface area (Å²) < 4.78 is 5.13. The highest BCUT2D eigenvalue weighted by Crippen LogP contribution is 2.26. The summed E-state index contributed by atoms with van der Waals surface area (Å²) in [5.41, 5.74) is 4.46. The Kier molecular flexibility index (Phi) is 3.26. The van der Waals surface area contributed by atoms with Crippen LogP contribution in [0.1, 0.15) is 27.2 Å². The summed E-state index contributed by atoms with van der Waals surface area (Å²) >= 11 is 0. The van der Waals surface area contributed by atoms with E-state index in [0.29, 0.717) is 5.56 Å². The van der Waals surface area contributed by atoms with Crippen molar-refractivity contribution < 1.29 is 9.53 Å². The van der Waals surface area contributed by atoms with Crippen molar-refractivity contribution >= 4 is 16.7 Å². The van der Waals surface area contributed by atoms with E-state index in [4.69, 9.17) is 4.74 Å². The first-order valence-corrected chi connectivity index (χ1v) is 6.88. The van der Waals surface area contributed by atoms with Gasteiger partial charge in [0, 0.05) is 22.2 Å². The zero-order valence-corrected chi connectivity index (χ0v) is 12.4. The second kappa shape index (κ2) is 5.09. The second-order valence-electron chi connectivity index (χ2n) is 5.23. The molecule has 0 radical (unpaired) electrons. The molecule has 0 amide bonds. The predicted molar refractivity (Wildman–Crippen MR) is 84.2 cm³/mol. The molecule has 1 aromatic heterocycles. The smallest absolute Gasteiger partial charge is 0.195 e. The van der Waals surface area contributed by atoms with Gasteiger partial charge in [-0.25, -0.2) is 0 Å². The molecule has 0 atom stereocenters. The minimum absolute atomic E-state index is 0.0343. The van der Waals surface area contributed by atoms with Crippen LogP contribution < -0.4 is 4.74 Å². The fraction of sp³-hybridized carbons (Fsp3) is 0.167. The number of ketones is 1. The van der Waals surface area contributed by atoms with Crippen molar-refractivity contribution in [2.45, 2.75) is 13.8 Å². The van der Waals surface area contributed by atoms with Gasteiger partial charge in [-0.3, -0.25) is 4.79 Å². The van der Waals surface area contributed by atoms with Crippen LogP contribution in [0.5, 0.6) is 5.75 Å². The standard InChI is InChI=1S/C18H17NO2/c1-11-4-9-16-15(10-11)17(12(2)19-16)18(20)13-5-7-14(21-3)8-6-13/h4-10,19H,1-3H3. The number of benzene rings is 2. The number of rotatable bonds is 3. The van der Waals surface area contributed by atoms with E-state index in [1.54, 1.807) is 19.2 Å². The molecule has 3 aromatic rings. The van der Waals surface area contributed by atoms with Crippen LogP contribution >= 0.6 is 0 Å². The molecule has 2 aromatic carbocycles. The third kappa shape index (κ3) is 2.31. The third-order valence-electron chi connectivity index (χ3n) is 3.72. The number of methoxy groups -OCH3 is 1. The Morgan fingerprint density at radius 2 is 1.76 bits per heavy atom. The van der Waals surface area contributed by atoms with Crippen LogP contribution in [-0.4, -0.2) is 17.9 Å². The Morgan fingerprint density at radius 3 is 2.43 bits per heavy atom. The molecule has 21 heavy (non-hydrogen) atoms. The molecule has 0 saturated heterocycles. The van der Waals surface area contributed by atoms with Gasteiger partial charge in [-0.1, -0.05) is 11.6 Å². The fourth-order valence-electron chi connectivity index (χ4n) is 2.62. The highest BCUT2D eigenvalue weighted by atomic mass is 16.5. The zero-order valence-electron chi connectivity index (χ0n) is 12.4. The number of aromatic nitrogens is 1. The molecule has 0 aliphatic carbocycles. The Labute approximate surface area is 123 Å². The number of hydrogen-bond donors (Lipinski definition) is 1. The molecule has 1 N–H and O–H groups in total. The minimum Gasteiger partial charge on any atom is -0.497 e. The van der Waals surface area contributed by atoms with Crippen LogP contribution in [0.2, 0.25) is 0 Å². The molecule has 0 aliphatic rings. The Balaban J connectivity index is 2.12. The lowest BCUT2D eigenvalue weighted by Gasteiger charge is -2.04. The number of fused-ring (bicyclic) bond motifs is 1. The summed E-state index contributed by atoms with van der Waals surface area (Å²) in [4.78, 5) is 16.1. The molecule has 0 aliphatic heterocycles. The van der Waals surface area contributed by atoms with Crippen LogP contribution in [0, 0.1) is 13.8 Å². The van der Waals surface area contributed by atoms with Crippen LogP contribution in [0.3, 0.4) is 0 Å². The summed E-state index contributed by atoms with van der Waals surface area (Å²) in [6, 6.07) is 13.3. The maximum atomic E-state index is 12.8. The normalized spacial score (nSPS) is 10.8. The van der Waals surface area contributed by atoms with Crippen LogP contribution in [0.25, 0.3) is 10.9 Å². The van der Waals surface area contributed by atoms with Crippen molar-refractivity contribution in [3.63, 3.8) is 0 Å². The van der Waals surface area contributed by atoms with Gasteiger partial charge in [0.1, 0.15) is 5.75 Å². The molecular weight excluding hydrogens is 262 g/mol. The first-order valence-electron chi connectivity index (χ1n) is 6.88. The predicted octanol–water partition coefficient (Wildman–Crippen LogP) is 4.02. The number of aryl methyl sites for hydroxylation is 2. The maximum Gasteiger partial charge on any atom is 0.195 e. The SMILES string of the molecule is COc1ccc(C(=O)c2c(C)[nH]c3ccc(C)cc23)cc1. The summed E-state index contributed by atoms with van der Waals surface area (Å²) in [7, 11) is 1.61. The molecule has 3 rings (SSSR count). The van der Waals surface area contributed by atoms with Gasteiger partial charge >= 0.3 is 0 Å². The van der Waals surface area contributed by atoms with E-state index in [1.165, 1.54) is 0 Å². The molecule has 0 saturated carbocycles. The van der Waals surface area contributed by atoms with Crippen molar-refractivity contribution in [1.29, 1.82) is 0 Å². The monoisotopic (exact) mass is 279 g/mol. The third-order valence-corrected chi connectivity index (χ3v) is 3.72. The van der Waals surface area contributed by atoms with Crippen molar-refractivity contribution in [1.82, 2.24) is 4.98 Å². The molecule has 0 unspecified atom stereocenters. The summed E-state index contributed by atoms with van der Waals surface area (Å²) in [6.45, 7) is 3.97. The van der Waals surface area contributed by atoms with Crippen LogP contribution in [0.4, 0.5) is 0 Å². The molecule has 106 valence electrons. The number of carbonyl (C=O) groups excluding carboxylic acids is 1. The number of nitrogens with one attached hydrogen (secondary N) is 1. The van der Waals surface area contributed by atoms with E-state index in [9.17, 15) is 4.79 Å². The number of carbonyl (C=O) groups is 1. The average Bonchev–Trinajstić information content (AvgIpc) is 2.82. The molecule has 0 bridgehead atoms. The van der Waals surface area contributed by atoms with Gasteiger partial charge in [0.15, 0.2) is 5.78 Å². The lowest BCUT2D eigenvalue weighted by Crippen LogP contribution is -2.02. The highest BCUT2D eigenvalue weighted by molar-refractivity contribution is 6.17. The lowest BCUT2D eigenvalue weighted by atomic mass is 9.99. The quantitative estimate of drug-likeness (QED) is 0.736. The van der Waals surface area contributed by atoms with E-state index in [-0.39, 0.29) is 5.78 Å². The topological polar surface area (TPSA) is 42.1 Å². The number of aromatic amines is 1. The second-order valence-corrected chi connectivity index (χ2v) is 5.23. The van der Waals surface area contributed by atoms with Crippen molar-refractivity contribution in [3.05, 3.63) is 64.8 Å². The van der Waals surface area contributed by atoms with Crippen molar-refractivity contribution in [3.8, 4) is 5.75 Å². The van der Waals surface area contributed by atoms with Crippen molar-refractivity contribution in [2.24, 2.45) is 0 Å². The van der Waals surface area contributed by atoms with Gasteiger partial charge in [0.25, 0.3) is 0 Å². The molecule has 0 fully saturated rings.